The van der Waals surface area contributed by atoms with Crippen molar-refractivity contribution in [1.82, 2.24) is 9.97 Å². The number of aryl methyl sites for hydroxylation is 1. The highest BCUT2D eigenvalue weighted by Crippen LogP contribution is 2.37. The molecule has 6 nitrogen and oxygen atoms in total. The zero-order valence-corrected chi connectivity index (χ0v) is 14.6. The van der Waals surface area contributed by atoms with E-state index in [-0.39, 0.29) is 16.6 Å². The average Bonchev–Trinajstić information content (AvgIpc) is 3.07. The Balaban J connectivity index is 1.72. The molecular formula is C16H16ClF3N4O2. The lowest BCUT2D eigenvalue weighted by molar-refractivity contribution is -0.385. The molecule has 1 aromatic heterocycles. The van der Waals surface area contributed by atoms with Crippen LogP contribution in [0.4, 0.5) is 24.5 Å². The summed E-state index contributed by atoms with van der Waals surface area (Å²) in [7, 11) is 0. The van der Waals surface area contributed by atoms with E-state index < -0.39 is 16.8 Å². The number of nitrogens with zero attached hydrogens (tertiary/aromatic N) is 3. The van der Waals surface area contributed by atoms with Crippen LogP contribution in [0.3, 0.4) is 0 Å². The summed E-state index contributed by atoms with van der Waals surface area (Å²) in [5, 5.41) is 11.3. The standard InChI is InChI=1S/C16H16ClF3N4O2/c1-9-6-13(11(17)7-12(9)24(25)26)23-4-2-10(3-5-23)15-21-8-14(22-15)16(18,19)20/h6-8,10H,2-5H2,1H3,(H,21,22). The van der Waals surface area contributed by atoms with Gasteiger partial charge in [-0.15, -0.1) is 0 Å². The zero-order chi connectivity index (χ0) is 19.1. The number of halogens is 4. The number of rotatable bonds is 3. The number of imidazole rings is 1. The maximum absolute atomic E-state index is 12.7. The first kappa shape index (κ1) is 18.5. The molecule has 0 spiro atoms. The highest BCUT2D eigenvalue weighted by atomic mass is 35.5. The van der Waals surface area contributed by atoms with Gasteiger partial charge in [-0.25, -0.2) is 4.98 Å². The Morgan fingerprint density at radius 1 is 1.35 bits per heavy atom. The second-order valence-corrected chi connectivity index (χ2v) is 6.70. The van der Waals surface area contributed by atoms with Gasteiger partial charge in [0, 0.05) is 30.6 Å². The van der Waals surface area contributed by atoms with Crippen LogP contribution in [0.2, 0.25) is 5.02 Å². The second-order valence-electron chi connectivity index (χ2n) is 6.29. The highest BCUT2D eigenvalue weighted by Gasteiger charge is 2.34. The van der Waals surface area contributed by atoms with Gasteiger partial charge in [-0.1, -0.05) is 11.6 Å². The molecule has 1 fully saturated rings. The normalized spacial score (nSPS) is 16.1. The number of anilines is 1. The van der Waals surface area contributed by atoms with Crippen molar-refractivity contribution >= 4 is 23.0 Å². The second kappa shape index (κ2) is 6.79. The summed E-state index contributed by atoms with van der Waals surface area (Å²) in [6.07, 6.45) is -2.40. The summed E-state index contributed by atoms with van der Waals surface area (Å²) in [6, 6.07) is 3.01. The number of aromatic nitrogens is 2. The van der Waals surface area contributed by atoms with Gasteiger partial charge in [-0.3, -0.25) is 10.1 Å². The molecule has 0 unspecified atom stereocenters. The minimum Gasteiger partial charge on any atom is -0.370 e. The lowest BCUT2D eigenvalue weighted by atomic mass is 9.95. The predicted octanol–water partition coefficient (Wildman–Crippen LogP) is 4.68. The Morgan fingerprint density at radius 2 is 2.00 bits per heavy atom. The van der Waals surface area contributed by atoms with Gasteiger partial charge in [0.15, 0.2) is 0 Å². The van der Waals surface area contributed by atoms with Crippen LogP contribution in [0.15, 0.2) is 18.3 Å². The molecule has 3 rings (SSSR count). The Labute approximate surface area is 152 Å². The maximum Gasteiger partial charge on any atom is 0.432 e. The first-order valence-corrected chi connectivity index (χ1v) is 8.36. The molecule has 0 atom stereocenters. The predicted molar refractivity (Wildman–Crippen MR) is 90.6 cm³/mol. The van der Waals surface area contributed by atoms with Crippen molar-refractivity contribution in [3.63, 3.8) is 0 Å². The number of aromatic amines is 1. The molecule has 0 radical (unpaired) electrons. The SMILES string of the molecule is Cc1cc(N2CCC(c3ncc(C(F)(F)F)[nH]3)CC2)c(Cl)cc1[N+](=O)[O-]. The van der Waals surface area contributed by atoms with Crippen LogP contribution in [-0.2, 0) is 6.18 Å². The van der Waals surface area contributed by atoms with E-state index in [0.29, 0.717) is 43.0 Å². The van der Waals surface area contributed by atoms with Crippen LogP contribution in [-0.4, -0.2) is 28.0 Å². The average molecular weight is 389 g/mol. The van der Waals surface area contributed by atoms with Crippen molar-refractivity contribution in [3.8, 4) is 0 Å². The fraction of sp³-hybridized carbons (Fsp3) is 0.438. The topological polar surface area (TPSA) is 75.1 Å². The van der Waals surface area contributed by atoms with Crippen molar-refractivity contribution < 1.29 is 18.1 Å². The van der Waals surface area contributed by atoms with Gasteiger partial charge < -0.3 is 9.88 Å². The Hall–Kier alpha value is -2.29. The molecule has 1 aliphatic heterocycles. The largest absolute Gasteiger partial charge is 0.432 e. The molecule has 0 saturated carbocycles. The number of nitro benzene ring substituents is 1. The summed E-state index contributed by atoms with van der Waals surface area (Å²) >= 11 is 6.20. The quantitative estimate of drug-likeness (QED) is 0.611. The van der Waals surface area contributed by atoms with E-state index in [4.69, 9.17) is 11.6 Å². The first-order chi connectivity index (χ1) is 12.2. The number of hydrogen-bond donors (Lipinski definition) is 1. The van der Waals surface area contributed by atoms with Crippen LogP contribution in [0.1, 0.15) is 35.8 Å². The molecule has 0 amide bonds. The van der Waals surface area contributed by atoms with Crippen LogP contribution in [0, 0.1) is 17.0 Å². The molecule has 2 heterocycles. The van der Waals surface area contributed by atoms with Gasteiger partial charge in [0.1, 0.15) is 11.5 Å². The molecule has 2 aromatic rings. The molecule has 140 valence electrons. The van der Waals surface area contributed by atoms with E-state index in [1.807, 2.05) is 4.90 Å². The number of hydrogen-bond acceptors (Lipinski definition) is 4. The van der Waals surface area contributed by atoms with E-state index in [1.165, 1.54) is 6.07 Å². The Bertz CT molecular complexity index is 829. The van der Waals surface area contributed by atoms with Gasteiger partial charge in [0.25, 0.3) is 5.69 Å². The van der Waals surface area contributed by atoms with Crippen LogP contribution < -0.4 is 4.90 Å². The Morgan fingerprint density at radius 3 is 2.54 bits per heavy atom. The van der Waals surface area contributed by atoms with E-state index in [1.54, 1.807) is 13.0 Å². The molecule has 1 saturated heterocycles. The summed E-state index contributed by atoms with van der Waals surface area (Å²) in [6.45, 7) is 2.79. The third-order valence-electron chi connectivity index (χ3n) is 4.59. The summed E-state index contributed by atoms with van der Waals surface area (Å²) in [5.74, 6) is 0.239. The molecule has 10 heteroatoms. The number of H-pyrrole nitrogens is 1. The lowest BCUT2D eigenvalue weighted by Gasteiger charge is -2.33. The van der Waals surface area contributed by atoms with Crippen molar-refractivity contribution in [2.45, 2.75) is 31.9 Å². The number of nitrogens with one attached hydrogen (secondary N) is 1. The zero-order valence-electron chi connectivity index (χ0n) is 13.8. The smallest absolute Gasteiger partial charge is 0.370 e. The number of nitro groups is 1. The molecule has 1 aromatic carbocycles. The Kier molecular flexibility index (Phi) is 4.83. The van der Waals surface area contributed by atoms with Gasteiger partial charge >= 0.3 is 6.18 Å². The third kappa shape index (κ3) is 3.62. The van der Waals surface area contributed by atoms with E-state index in [9.17, 15) is 23.3 Å². The number of piperidine rings is 1. The molecule has 26 heavy (non-hydrogen) atoms. The fourth-order valence-electron chi connectivity index (χ4n) is 3.18. The summed E-state index contributed by atoms with van der Waals surface area (Å²) < 4.78 is 38.0. The lowest BCUT2D eigenvalue weighted by Crippen LogP contribution is -2.33. The van der Waals surface area contributed by atoms with Gasteiger partial charge in [0.05, 0.1) is 21.8 Å². The van der Waals surface area contributed by atoms with Crippen molar-refractivity contribution in [1.29, 1.82) is 0 Å². The van der Waals surface area contributed by atoms with Crippen LogP contribution in [0.5, 0.6) is 0 Å². The van der Waals surface area contributed by atoms with Gasteiger partial charge in [-0.05, 0) is 25.8 Å². The van der Waals surface area contributed by atoms with E-state index >= 15 is 0 Å². The van der Waals surface area contributed by atoms with Gasteiger partial charge in [-0.2, -0.15) is 13.2 Å². The highest BCUT2D eigenvalue weighted by molar-refractivity contribution is 6.33. The minimum absolute atomic E-state index is 0.0381. The molecule has 0 aliphatic carbocycles. The molecule has 1 aliphatic rings. The van der Waals surface area contributed by atoms with Crippen LogP contribution in [0.25, 0.3) is 0 Å². The summed E-state index contributed by atoms with van der Waals surface area (Å²) in [4.78, 5) is 18.7. The monoisotopic (exact) mass is 388 g/mol. The molecule has 0 bridgehead atoms. The third-order valence-corrected chi connectivity index (χ3v) is 4.89. The van der Waals surface area contributed by atoms with Crippen molar-refractivity contribution in [2.75, 3.05) is 18.0 Å². The van der Waals surface area contributed by atoms with Gasteiger partial charge in [0.2, 0.25) is 0 Å². The molecule has 1 N–H and O–H groups in total. The summed E-state index contributed by atoms with van der Waals surface area (Å²) in [5.41, 5.74) is 0.328. The van der Waals surface area contributed by atoms with E-state index in [2.05, 4.69) is 9.97 Å². The first-order valence-electron chi connectivity index (χ1n) is 7.98. The number of benzene rings is 1. The van der Waals surface area contributed by atoms with Crippen LogP contribution >= 0.6 is 11.6 Å². The van der Waals surface area contributed by atoms with Crippen molar-refractivity contribution in [2.24, 2.45) is 0 Å². The molecular weight excluding hydrogens is 373 g/mol. The number of alkyl halides is 3. The van der Waals surface area contributed by atoms with E-state index in [0.717, 1.165) is 6.20 Å². The minimum atomic E-state index is -4.43. The fourth-order valence-corrected chi connectivity index (χ4v) is 3.45. The van der Waals surface area contributed by atoms with Crippen molar-refractivity contribution in [3.05, 3.63) is 50.5 Å². The maximum atomic E-state index is 12.7.